The number of rotatable bonds is 2. The second-order valence-electron chi connectivity index (χ2n) is 5.48. The van der Waals surface area contributed by atoms with Gasteiger partial charge in [-0.25, -0.2) is 4.98 Å². The SMILES string of the molecule is COc1cccc(-n2c(=O)c3c(c4cccnc42)OCCC3)c1. The van der Waals surface area contributed by atoms with Gasteiger partial charge in [-0.05, 0) is 37.1 Å². The Morgan fingerprint density at radius 2 is 2.17 bits per heavy atom. The standard InChI is InChI=1S/C18H16N2O3/c1-22-13-6-2-5-12(11-13)20-17-14(7-3-9-19-17)16-15(18(20)21)8-4-10-23-16/h2-3,5-7,9,11H,4,8,10H2,1H3. The molecule has 0 saturated carbocycles. The third-order valence-corrected chi connectivity index (χ3v) is 4.11. The van der Waals surface area contributed by atoms with Crippen molar-refractivity contribution in [1.29, 1.82) is 0 Å². The Hall–Kier alpha value is -2.82. The molecular weight excluding hydrogens is 292 g/mol. The summed E-state index contributed by atoms with van der Waals surface area (Å²) in [5, 5.41) is 0.865. The molecule has 4 rings (SSSR count). The summed E-state index contributed by atoms with van der Waals surface area (Å²) < 4.78 is 12.7. The number of hydrogen-bond acceptors (Lipinski definition) is 4. The summed E-state index contributed by atoms with van der Waals surface area (Å²) in [6.07, 6.45) is 3.27. The van der Waals surface area contributed by atoms with Crippen molar-refractivity contribution in [2.45, 2.75) is 12.8 Å². The summed E-state index contributed by atoms with van der Waals surface area (Å²) in [6.45, 7) is 0.638. The topological polar surface area (TPSA) is 53.4 Å². The first-order valence-corrected chi connectivity index (χ1v) is 7.59. The maximum atomic E-state index is 13.0. The molecular formula is C18H16N2O3. The van der Waals surface area contributed by atoms with E-state index in [1.54, 1.807) is 17.9 Å². The number of benzene rings is 1. The van der Waals surface area contributed by atoms with Crippen LogP contribution in [0.25, 0.3) is 16.7 Å². The quantitative estimate of drug-likeness (QED) is 0.730. The van der Waals surface area contributed by atoms with Gasteiger partial charge in [-0.2, -0.15) is 0 Å². The lowest BCUT2D eigenvalue weighted by Gasteiger charge is -2.21. The first-order chi connectivity index (χ1) is 11.3. The molecule has 1 aromatic carbocycles. The van der Waals surface area contributed by atoms with Gasteiger partial charge in [-0.1, -0.05) is 6.07 Å². The fraction of sp³-hybridized carbons (Fsp3) is 0.222. The third-order valence-electron chi connectivity index (χ3n) is 4.11. The van der Waals surface area contributed by atoms with Gasteiger partial charge in [0.25, 0.3) is 5.56 Å². The van der Waals surface area contributed by atoms with E-state index in [-0.39, 0.29) is 5.56 Å². The van der Waals surface area contributed by atoms with Crippen LogP contribution in [-0.4, -0.2) is 23.3 Å². The van der Waals surface area contributed by atoms with E-state index in [9.17, 15) is 4.79 Å². The lowest BCUT2D eigenvalue weighted by atomic mass is 10.1. The molecule has 3 aromatic rings. The summed E-state index contributed by atoms with van der Waals surface area (Å²) in [7, 11) is 1.61. The van der Waals surface area contributed by atoms with Crippen LogP contribution in [-0.2, 0) is 6.42 Å². The van der Waals surface area contributed by atoms with Crippen molar-refractivity contribution in [2.24, 2.45) is 0 Å². The number of pyridine rings is 2. The molecule has 0 saturated heterocycles. The second kappa shape index (κ2) is 5.43. The van der Waals surface area contributed by atoms with E-state index in [4.69, 9.17) is 9.47 Å². The Balaban J connectivity index is 2.10. The average molecular weight is 308 g/mol. The van der Waals surface area contributed by atoms with E-state index < -0.39 is 0 Å². The predicted octanol–water partition coefficient (Wildman–Crippen LogP) is 2.72. The zero-order chi connectivity index (χ0) is 15.8. The van der Waals surface area contributed by atoms with Crippen LogP contribution >= 0.6 is 0 Å². The van der Waals surface area contributed by atoms with Crippen LogP contribution < -0.4 is 15.0 Å². The van der Waals surface area contributed by atoms with Gasteiger partial charge in [0, 0.05) is 12.3 Å². The van der Waals surface area contributed by atoms with Crippen LogP contribution in [0.2, 0.25) is 0 Å². The minimum absolute atomic E-state index is 0.0702. The summed E-state index contributed by atoms with van der Waals surface area (Å²) in [6, 6.07) is 11.3. The van der Waals surface area contributed by atoms with Gasteiger partial charge >= 0.3 is 0 Å². The van der Waals surface area contributed by atoms with Gasteiger partial charge in [0.05, 0.1) is 30.4 Å². The fourth-order valence-corrected chi connectivity index (χ4v) is 3.04. The molecule has 2 aromatic heterocycles. The molecule has 0 amide bonds. The smallest absolute Gasteiger partial charge is 0.263 e. The van der Waals surface area contributed by atoms with Crippen LogP contribution in [0.4, 0.5) is 0 Å². The molecule has 0 aliphatic carbocycles. The molecule has 0 radical (unpaired) electrons. The fourth-order valence-electron chi connectivity index (χ4n) is 3.04. The van der Waals surface area contributed by atoms with Crippen LogP contribution in [0.3, 0.4) is 0 Å². The lowest BCUT2D eigenvalue weighted by molar-refractivity contribution is 0.290. The highest BCUT2D eigenvalue weighted by atomic mass is 16.5. The van der Waals surface area contributed by atoms with Gasteiger partial charge < -0.3 is 9.47 Å². The van der Waals surface area contributed by atoms with Gasteiger partial charge in [0.2, 0.25) is 0 Å². The molecule has 3 heterocycles. The van der Waals surface area contributed by atoms with E-state index in [2.05, 4.69) is 4.98 Å². The number of aromatic nitrogens is 2. The highest BCUT2D eigenvalue weighted by molar-refractivity contribution is 5.85. The van der Waals surface area contributed by atoms with E-state index >= 15 is 0 Å². The molecule has 116 valence electrons. The first kappa shape index (κ1) is 13.8. The van der Waals surface area contributed by atoms with Crippen molar-refractivity contribution in [1.82, 2.24) is 9.55 Å². The summed E-state index contributed by atoms with van der Waals surface area (Å²) in [5.41, 5.74) is 2.00. The Morgan fingerprint density at radius 3 is 3.04 bits per heavy atom. The molecule has 0 fully saturated rings. The average Bonchev–Trinajstić information content (AvgIpc) is 2.62. The number of hydrogen-bond donors (Lipinski definition) is 0. The largest absolute Gasteiger partial charge is 0.497 e. The first-order valence-electron chi connectivity index (χ1n) is 7.59. The molecule has 1 aliphatic heterocycles. The Bertz CT molecular complexity index is 947. The van der Waals surface area contributed by atoms with Crippen molar-refractivity contribution in [3.63, 3.8) is 0 Å². The third kappa shape index (κ3) is 2.16. The van der Waals surface area contributed by atoms with Gasteiger partial charge in [-0.15, -0.1) is 0 Å². The van der Waals surface area contributed by atoms with Gasteiger partial charge in [-0.3, -0.25) is 9.36 Å². The Morgan fingerprint density at radius 1 is 1.26 bits per heavy atom. The van der Waals surface area contributed by atoms with Crippen molar-refractivity contribution in [2.75, 3.05) is 13.7 Å². The second-order valence-corrected chi connectivity index (χ2v) is 5.48. The summed E-state index contributed by atoms with van der Waals surface area (Å²) >= 11 is 0. The maximum Gasteiger partial charge on any atom is 0.263 e. The van der Waals surface area contributed by atoms with E-state index in [0.29, 0.717) is 23.8 Å². The number of nitrogens with zero attached hydrogens (tertiary/aromatic N) is 2. The van der Waals surface area contributed by atoms with E-state index in [0.717, 1.165) is 29.5 Å². The van der Waals surface area contributed by atoms with Gasteiger partial charge in [0.1, 0.15) is 11.5 Å². The predicted molar refractivity (Wildman–Crippen MR) is 87.7 cm³/mol. The monoisotopic (exact) mass is 308 g/mol. The zero-order valence-electron chi connectivity index (χ0n) is 12.8. The molecule has 23 heavy (non-hydrogen) atoms. The maximum absolute atomic E-state index is 13.0. The lowest BCUT2D eigenvalue weighted by Crippen LogP contribution is -2.27. The molecule has 0 spiro atoms. The van der Waals surface area contributed by atoms with Crippen molar-refractivity contribution in [3.05, 3.63) is 58.5 Å². The normalized spacial score (nSPS) is 13.4. The molecule has 0 atom stereocenters. The minimum atomic E-state index is -0.0702. The molecule has 0 unspecified atom stereocenters. The van der Waals surface area contributed by atoms with E-state index in [1.165, 1.54) is 0 Å². The van der Waals surface area contributed by atoms with Crippen LogP contribution in [0.5, 0.6) is 11.5 Å². The number of methoxy groups -OCH3 is 1. The molecule has 0 bridgehead atoms. The highest BCUT2D eigenvalue weighted by Gasteiger charge is 2.22. The van der Waals surface area contributed by atoms with Crippen LogP contribution in [0.15, 0.2) is 47.4 Å². The Labute approximate surface area is 133 Å². The van der Waals surface area contributed by atoms with E-state index in [1.807, 2.05) is 36.4 Å². The zero-order valence-corrected chi connectivity index (χ0v) is 12.8. The highest BCUT2D eigenvalue weighted by Crippen LogP contribution is 2.31. The van der Waals surface area contributed by atoms with Crippen molar-refractivity contribution in [3.8, 4) is 17.2 Å². The molecule has 0 N–H and O–H groups in total. The molecule has 5 heteroatoms. The van der Waals surface area contributed by atoms with Crippen LogP contribution in [0, 0.1) is 0 Å². The minimum Gasteiger partial charge on any atom is -0.497 e. The molecule has 1 aliphatic rings. The summed E-state index contributed by atoms with van der Waals surface area (Å²) in [4.78, 5) is 17.5. The number of fused-ring (bicyclic) bond motifs is 3. The van der Waals surface area contributed by atoms with Crippen molar-refractivity contribution >= 4 is 11.0 Å². The number of ether oxygens (including phenoxy) is 2. The Kier molecular flexibility index (Phi) is 3.26. The van der Waals surface area contributed by atoms with Crippen LogP contribution in [0.1, 0.15) is 12.0 Å². The summed E-state index contributed by atoms with van der Waals surface area (Å²) in [5.74, 6) is 1.39. The van der Waals surface area contributed by atoms with Crippen molar-refractivity contribution < 1.29 is 9.47 Å². The van der Waals surface area contributed by atoms with Gasteiger partial charge in [0.15, 0.2) is 5.65 Å². The molecule has 5 nitrogen and oxygen atoms in total.